The van der Waals surface area contributed by atoms with Crippen LogP contribution in [0, 0.1) is 11.3 Å². The Hall–Kier alpha value is -1.97. The Kier molecular flexibility index (Phi) is 4.89. The maximum Gasteiger partial charge on any atom is 0.338 e. The summed E-state index contributed by atoms with van der Waals surface area (Å²) in [6, 6.07) is 5.68. The van der Waals surface area contributed by atoms with E-state index in [1.807, 2.05) is 23.6 Å². The van der Waals surface area contributed by atoms with Gasteiger partial charge in [0, 0.05) is 4.88 Å². The molecule has 7 heteroatoms. The number of esters is 1. The van der Waals surface area contributed by atoms with E-state index in [0.29, 0.717) is 0 Å². The number of rotatable bonds is 4. The average Bonchev–Trinajstić information content (AvgIpc) is 2.99. The fourth-order valence-corrected chi connectivity index (χ4v) is 3.13. The minimum absolute atomic E-state index is 0.0281. The van der Waals surface area contributed by atoms with Crippen LogP contribution in [0.25, 0.3) is 0 Å². The number of thiophene rings is 1. The second-order valence-corrected chi connectivity index (χ2v) is 5.38. The van der Waals surface area contributed by atoms with Gasteiger partial charge in [0.15, 0.2) is 0 Å². The molecule has 2 rings (SSSR count). The largest absolute Gasteiger partial charge is 0.463 e. The van der Waals surface area contributed by atoms with Crippen LogP contribution in [0.15, 0.2) is 40.3 Å². The predicted molar refractivity (Wildman–Crippen MR) is 79.4 cm³/mol. The topological polar surface area (TPSA) is 85.3 Å². The van der Waals surface area contributed by atoms with Crippen molar-refractivity contribution in [1.29, 1.82) is 5.26 Å². The van der Waals surface area contributed by atoms with E-state index in [4.69, 9.17) is 26.8 Å². The zero-order valence-corrected chi connectivity index (χ0v) is 12.8. The summed E-state index contributed by atoms with van der Waals surface area (Å²) in [4.78, 5) is 13.1. The van der Waals surface area contributed by atoms with Crippen LogP contribution in [-0.2, 0) is 14.3 Å². The number of carbonyl (C=O) groups excluding carboxylic acids is 1. The van der Waals surface area contributed by atoms with Gasteiger partial charge in [-0.05, 0) is 18.4 Å². The van der Waals surface area contributed by atoms with Crippen molar-refractivity contribution < 1.29 is 14.3 Å². The monoisotopic (exact) mass is 324 g/mol. The summed E-state index contributed by atoms with van der Waals surface area (Å²) in [5, 5.41) is 11.2. The van der Waals surface area contributed by atoms with Gasteiger partial charge in [0.1, 0.15) is 17.4 Å². The number of halogens is 1. The first kappa shape index (κ1) is 15.4. The Balaban J connectivity index is 2.59. The molecule has 1 aromatic heterocycles. The van der Waals surface area contributed by atoms with Crippen LogP contribution in [0.5, 0.6) is 0 Å². The van der Waals surface area contributed by atoms with Gasteiger partial charge in [0.2, 0.25) is 5.88 Å². The third-order valence-electron chi connectivity index (χ3n) is 2.94. The fourth-order valence-electron chi connectivity index (χ4n) is 2.09. The molecular formula is C14H13ClN2O3S. The van der Waals surface area contributed by atoms with Gasteiger partial charge in [0.05, 0.1) is 24.0 Å². The van der Waals surface area contributed by atoms with Crippen LogP contribution in [0.3, 0.4) is 0 Å². The molecule has 2 N–H and O–H groups in total. The Morgan fingerprint density at radius 2 is 2.43 bits per heavy atom. The van der Waals surface area contributed by atoms with Crippen LogP contribution in [0.1, 0.15) is 17.7 Å². The van der Waals surface area contributed by atoms with E-state index in [0.717, 1.165) is 4.88 Å². The molecule has 1 atom stereocenters. The van der Waals surface area contributed by atoms with E-state index >= 15 is 0 Å². The average molecular weight is 325 g/mol. The van der Waals surface area contributed by atoms with Crippen LogP contribution in [0.4, 0.5) is 0 Å². The van der Waals surface area contributed by atoms with Gasteiger partial charge < -0.3 is 15.2 Å². The molecule has 0 unspecified atom stereocenters. The van der Waals surface area contributed by atoms with Crippen molar-refractivity contribution >= 4 is 28.9 Å². The molecule has 0 saturated carbocycles. The number of hydrogen-bond acceptors (Lipinski definition) is 6. The molecule has 1 aliphatic heterocycles. The summed E-state index contributed by atoms with van der Waals surface area (Å²) in [6.07, 6.45) is 0. The Bertz CT molecular complexity index is 644. The van der Waals surface area contributed by atoms with Gasteiger partial charge in [-0.15, -0.1) is 22.9 Å². The third kappa shape index (κ3) is 2.89. The molecule has 0 saturated heterocycles. The Morgan fingerprint density at radius 3 is 2.95 bits per heavy atom. The lowest BCUT2D eigenvalue weighted by atomic mass is 9.87. The zero-order chi connectivity index (χ0) is 15.4. The van der Waals surface area contributed by atoms with Crippen LogP contribution in [0.2, 0.25) is 0 Å². The summed E-state index contributed by atoms with van der Waals surface area (Å²) >= 11 is 7.27. The molecule has 1 aliphatic rings. The first-order valence-corrected chi connectivity index (χ1v) is 7.62. The first-order valence-electron chi connectivity index (χ1n) is 6.21. The number of hydrogen-bond donors (Lipinski definition) is 1. The second-order valence-electron chi connectivity index (χ2n) is 4.13. The van der Waals surface area contributed by atoms with Crippen molar-refractivity contribution in [2.75, 3.05) is 12.5 Å². The third-order valence-corrected chi connectivity index (χ3v) is 4.12. The number of ether oxygens (including phenoxy) is 2. The lowest BCUT2D eigenvalue weighted by molar-refractivity contribution is -0.139. The summed E-state index contributed by atoms with van der Waals surface area (Å²) in [5.41, 5.74) is 6.21. The van der Waals surface area contributed by atoms with Crippen LogP contribution < -0.4 is 5.73 Å². The van der Waals surface area contributed by atoms with Crippen molar-refractivity contribution in [3.8, 4) is 6.07 Å². The SMILES string of the molecule is CCOC(=O)C1=C(CCl)OC(N)=C(C#N)[C@@H]1c1cccs1. The molecular weight excluding hydrogens is 312 g/mol. The molecule has 0 bridgehead atoms. The van der Waals surface area contributed by atoms with Crippen molar-refractivity contribution in [2.24, 2.45) is 5.73 Å². The van der Waals surface area contributed by atoms with Gasteiger partial charge in [0.25, 0.3) is 0 Å². The highest BCUT2D eigenvalue weighted by atomic mass is 35.5. The highest BCUT2D eigenvalue weighted by Gasteiger charge is 2.37. The second kappa shape index (κ2) is 6.66. The quantitative estimate of drug-likeness (QED) is 0.679. The van der Waals surface area contributed by atoms with E-state index < -0.39 is 11.9 Å². The van der Waals surface area contributed by atoms with Gasteiger partial charge in [-0.1, -0.05) is 6.07 Å². The molecule has 5 nitrogen and oxygen atoms in total. The van der Waals surface area contributed by atoms with E-state index in [9.17, 15) is 10.1 Å². The number of nitriles is 1. The molecule has 0 aromatic carbocycles. The number of carbonyl (C=O) groups is 1. The van der Waals surface area contributed by atoms with E-state index in [1.165, 1.54) is 11.3 Å². The van der Waals surface area contributed by atoms with E-state index in [2.05, 4.69) is 0 Å². The molecule has 1 aromatic rings. The van der Waals surface area contributed by atoms with Crippen molar-refractivity contribution in [2.45, 2.75) is 12.8 Å². The maximum absolute atomic E-state index is 12.3. The van der Waals surface area contributed by atoms with Crippen molar-refractivity contribution in [3.63, 3.8) is 0 Å². The number of nitrogens with zero attached hydrogens (tertiary/aromatic N) is 1. The first-order chi connectivity index (χ1) is 10.1. The highest BCUT2D eigenvalue weighted by Crippen LogP contribution is 2.41. The molecule has 110 valence electrons. The number of alkyl halides is 1. The smallest absolute Gasteiger partial charge is 0.338 e. The molecule has 0 fully saturated rings. The Morgan fingerprint density at radius 1 is 1.67 bits per heavy atom. The molecule has 0 spiro atoms. The number of nitrogens with two attached hydrogens (primary N) is 1. The maximum atomic E-state index is 12.3. The summed E-state index contributed by atoms with van der Waals surface area (Å²) in [7, 11) is 0. The van der Waals surface area contributed by atoms with E-state index in [1.54, 1.807) is 6.92 Å². The summed E-state index contributed by atoms with van der Waals surface area (Å²) in [5.74, 6) is -0.983. The van der Waals surface area contributed by atoms with Crippen molar-refractivity contribution in [1.82, 2.24) is 0 Å². The standard InChI is InChI=1S/C14H13ClN2O3S/c1-2-19-14(18)12-9(6-15)20-13(17)8(7-16)11(12)10-4-3-5-21-10/h3-5,11H,2,6,17H2,1H3/t11-/m1/s1. The van der Waals surface area contributed by atoms with E-state index in [-0.39, 0.29) is 35.3 Å². The summed E-state index contributed by atoms with van der Waals surface area (Å²) < 4.78 is 10.4. The predicted octanol–water partition coefficient (Wildman–Crippen LogP) is 2.61. The molecule has 2 heterocycles. The summed E-state index contributed by atoms with van der Waals surface area (Å²) in [6.45, 7) is 1.92. The van der Waals surface area contributed by atoms with Gasteiger partial charge >= 0.3 is 5.97 Å². The normalized spacial score (nSPS) is 18.2. The molecule has 21 heavy (non-hydrogen) atoms. The lowest BCUT2D eigenvalue weighted by Crippen LogP contribution is -2.26. The minimum atomic E-state index is -0.600. The van der Waals surface area contributed by atoms with Gasteiger partial charge in [-0.3, -0.25) is 0 Å². The lowest BCUT2D eigenvalue weighted by Gasteiger charge is -2.26. The van der Waals surface area contributed by atoms with Gasteiger partial charge in [-0.2, -0.15) is 5.26 Å². The molecule has 0 radical (unpaired) electrons. The zero-order valence-electron chi connectivity index (χ0n) is 11.3. The minimum Gasteiger partial charge on any atom is -0.463 e. The fraction of sp³-hybridized carbons (Fsp3) is 0.286. The van der Waals surface area contributed by atoms with Gasteiger partial charge in [-0.25, -0.2) is 4.79 Å². The van der Waals surface area contributed by atoms with Crippen molar-refractivity contribution in [3.05, 3.63) is 45.2 Å². The highest BCUT2D eigenvalue weighted by molar-refractivity contribution is 7.10. The van der Waals surface area contributed by atoms with Crippen LogP contribution >= 0.6 is 22.9 Å². The number of allylic oxidation sites excluding steroid dienone is 2. The van der Waals surface area contributed by atoms with Crippen LogP contribution in [-0.4, -0.2) is 18.5 Å². The molecule has 0 amide bonds. The Labute approximate surface area is 131 Å². The molecule has 0 aliphatic carbocycles.